The topological polar surface area (TPSA) is 92.9 Å². The Labute approximate surface area is 160 Å². The summed E-state index contributed by atoms with van der Waals surface area (Å²) in [5.41, 5.74) is 8.03. The highest BCUT2D eigenvalue weighted by atomic mass is 16.5. The van der Waals surface area contributed by atoms with Gasteiger partial charge < -0.3 is 20.5 Å². The van der Waals surface area contributed by atoms with Crippen molar-refractivity contribution in [1.29, 1.82) is 0 Å². The summed E-state index contributed by atoms with van der Waals surface area (Å²) in [4.78, 5) is 26.0. The van der Waals surface area contributed by atoms with Crippen molar-refractivity contribution < 1.29 is 19.4 Å². The zero-order chi connectivity index (χ0) is 19.9. The lowest BCUT2D eigenvalue weighted by molar-refractivity contribution is -0.138. The molecule has 6 heteroatoms. The summed E-state index contributed by atoms with van der Waals surface area (Å²) in [5.74, 6) is 0.609. The minimum atomic E-state index is -1.09. The number of nitrogens with zero attached hydrogens (tertiary/aromatic N) is 1. The summed E-state index contributed by atoms with van der Waals surface area (Å²) in [6.07, 6.45) is 3.72. The predicted octanol–water partition coefficient (Wildman–Crippen LogP) is 2.52. The van der Waals surface area contributed by atoms with E-state index in [1.807, 2.05) is 25.7 Å². The number of carbonyl (C=O) groups excluding carboxylic acids is 2. The number of amides is 2. The molecule has 2 amide bonds. The van der Waals surface area contributed by atoms with Gasteiger partial charge in [-0.2, -0.15) is 0 Å². The number of primary amides is 1. The maximum atomic E-state index is 12.3. The first-order valence-corrected chi connectivity index (χ1v) is 9.75. The molecule has 2 aliphatic rings. The molecule has 3 rings (SSSR count). The highest BCUT2D eigenvalue weighted by molar-refractivity contribution is 5.84. The van der Waals surface area contributed by atoms with Crippen LogP contribution in [0.25, 0.3) is 0 Å². The van der Waals surface area contributed by atoms with Crippen LogP contribution in [0.2, 0.25) is 0 Å². The number of nitrogens with two attached hydrogens (primary N) is 1. The van der Waals surface area contributed by atoms with Gasteiger partial charge in [0, 0.05) is 31.0 Å². The van der Waals surface area contributed by atoms with E-state index in [2.05, 4.69) is 0 Å². The van der Waals surface area contributed by atoms with Crippen molar-refractivity contribution in [2.75, 3.05) is 13.1 Å². The first-order valence-electron chi connectivity index (χ1n) is 9.75. The second-order valence-electron chi connectivity index (χ2n) is 8.13. The first kappa shape index (κ1) is 19.5. The fraction of sp³-hybridized carbons (Fsp3) is 0.619. The largest absolute Gasteiger partial charge is 0.507 e. The second-order valence-corrected chi connectivity index (χ2v) is 8.13. The number of carbonyl (C=O) groups is 2. The molecular formula is C21H30N2O4. The molecular weight excluding hydrogens is 344 g/mol. The minimum absolute atomic E-state index is 0.0968. The van der Waals surface area contributed by atoms with Crippen molar-refractivity contribution in [3.63, 3.8) is 0 Å². The van der Waals surface area contributed by atoms with Gasteiger partial charge in [0.1, 0.15) is 11.5 Å². The van der Waals surface area contributed by atoms with E-state index in [1.54, 1.807) is 6.92 Å². The summed E-state index contributed by atoms with van der Waals surface area (Å²) in [6, 6.07) is 0. The van der Waals surface area contributed by atoms with Crippen LogP contribution in [-0.2, 0) is 16.0 Å². The lowest BCUT2D eigenvalue weighted by Crippen LogP contribution is -2.55. The molecule has 0 spiro atoms. The van der Waals surface area contributed by atoms with E-state index >= 15 is 0 Å². The predicted molar refractivity (Wildman–Crippen MR) is 103 cm³/mol. The van der Waals surface area contributed by atoms with Gasteiger partial charge >= 0.3 is 0 Å². The summed E-state index contributed by atoms with van der Waals surface area (Å²) < 4.78 is 6.22. The molecule has 0 aromatic heterocycles. The van der Waals surface area contributed by atoms with E-state index in [0.717, 1.165) is 48.1 Å². The van der Waals surface area contributed by atoms with Crippen LogP contribution in [0.1, 0.15) is 54.9 Å². The molecule has 0 aliphatic carbocycles. The van der Waals surface area contributed by atoms with Gasteiger partial charge in [-0.1, -0.05) is 0 Å². The standard InChI is InChI=1S/C21H30N2O4/c1-12-13(2)19-16(14(3)18(12)25)11-15(21(4,27-19)20(22)26)7-5-9-23-10-6-8-17(23)24/h15,25H,5-11H2,1-4H3,(H2,22,26). The Bertz CT molecular complexity index is 789. The Kier molecular flexibility index (Phi) is 5.10. The number of aromatic hydroxyl groups is 1. The average Bonchev–Trinajstić information content (AvgIpc) is 3.04. The van der Waals surface area contributed by atoms with Gasteiger partial charge in [0.05, 0.1) is 0 Å². The number of phenols is 1. The highest BCUT2D eigenvalue weighted by Gasteiger charge is 2.46. The van der Waals surface area contributed by atoms with Crippen LogP contribution in [0.5, 0.6) is 11.5 Å². The van der Waals surface area contributed by atoms with Crippen molar-refractivity contribution in [3.05, 3.63) is 22.3 Å². The molecule has 27 heavy (non-hydrogen) atoms. The first-order chi connectivity index (χ1) is 12.7. The van der Waals surface area contributed by atoms with Crippen LogP contribution in [0, 0.1) is 26.7 Å². The van der Waals surface area contributed by atoms with Gasteiger partial charge in [-0.3, -0.25) is 9.59 Å². The molecule has 2 heterocycles. The molecule has 6 nitrogen and oxygen atoms in total. The zero-order valence-corrected chi connectivity index (χ0v) is 16.7. The fourth-order valence-corrected chi connectivity index (χ4v) is 4.39. The van der Waals surface area contributed by atoms with E-state index in [0.29, 0.717) is 30.9 Å². The summed E-state index contributed by atoms with van der Waals surface area (Å²) in [7, 11) is 0. The van der Waals surface area contributed by atoms with E-state index in [1.165, 1.54) is 0 Å². The minimum Gasteiger partial charge on any atom is -0.507 e. The summed E-state index contributed by atoms with van der Waals surface area (Å²) >= 11 is 0. The van der Waals surface area contributed by atoms with Crippen LogP contribution in [0.15, 0.2) is 0 Å². The Hall–Kier alpha value is -2.24. The molecule has 1 saturated heterocycles. The number of fused-ring (bicyclic) bond motifs is 1. The molecule has 0 radical (unpaired) electrons. The Morgan fingerprint density at radius 1 is 1.30 bits per heavy atom. The number of hydrogen-bond acceptors (Lipinski definition) is 4. The maximum absolute atomic E-state index is 12.3. The van der Waals surface area contributed by atoms with Crippen LogP contribution >= 0.6 is 0 Å². The van der Waals surface area contributed by atoms with Crippen molar-refractivity contribution in [2.45, 2.75) is 65.4 Å². The third kappa shape index (κ3) is 3.26. The van der Waals surface area contributed by atoms with E-state index in [9.17, 15) is 14.7 Å². The number of ether oxygens (including phenoxy) is 1. The van der Waals surface area contributed by atoms with E-state index in [-0.39, 0.29) is 11.8 Å². The van der Waals surface area contributed by atoms with Gasteiger partial charge in [0.25, 0.3) is 5.91 Å². The van der Waals surface area contributed by atoms with E-state index < -0.39 is 11.5 Å². The molecule has 1 aromatic rings. The van der Waals surface area contributed by atoms with Gasteiger partial charge in [-0.05, 0) is 70.1 Å². The Morgan fingerprint density at radius 3 is 2.59 bits per heavy atom. The molecule has 2 aliphatic heterocycles. The number of hydrogen-bond donors (Lipinski definition) is 2. The third-order valence-corrected chi connectivity index (χ3v) is 6.53. The maximum Gasteiger partial charge on any atom is 0.261 e. The monoisotopic (exact) mass is 374 g/mol. The zero-order valence-electron chi connectivity index (χ0n) is 16.7. The Morgan fingerprint density at radius 2 is 2.00 bits per heavy atom. The van der Waals surface area contributed by atoms with Crippen molar-refractivity contribution >= 4 is 11.8 Å². The smallest absolute Gasteiger partial charge is 0.261 e. The van der Waals surface area contributed by atoms with Crippen molar-refractivity contribution in [1.82, 2.24) is 4.90 Å². The molecule has 2 unspecified atom stereocenters. The molecule has 148 valence electrons. The molecule has 3 N–H and O–H groups in total. The van der Waals surface area contributed by atoms with Gasteiger partial charge in [-0.15, -0.1) is 0 Å². The van der Waals surface area contributed by atoms with Crippen LogP contribution in [-0.4, -0.2) is 40.5 Å². The average molecular weight is 374 g/mol. The SMILES string of the molecule is Cc1c(C)c2c(c(C)c1O)CC(CCCN1CCCC1=O)C(C)(C(N)=O)O2. The molecule has 2 atom stereocenters. The van der Waals surface area contributed by atoms with Crippen molar-refractivity contribution in [2.24, 2.45) is 11.7 Å². The van der Waals surface area contributed by atoms with Crippen LogP contribution in [0.3, 0.4) is 0 Å². The number of benzene rings is 1. The van der Waals surface area contributed by atoms with Gasteiger partial charge in [0.2, 0.25) is 5.91 Å². The summed E-state index contributed by atoms with van der Waals surface area (Å²) in [6.45, 7) is 8.92. The quantitative estimate of drug-likeness (QED) is 0.828. The normalized spacial score (nSPS) is 24.7. The highest BCUT2D eigenvalue weighted by Crippen LogP contribution is 2.46. The lowest BCUT2D eigenvalue weighted by atomic mass is 9.76. The number of phenolic OH excluding ortho intramolecular Hbond substituents is 1. The van der Waals surface area contributed by atoms with Gasteiger partial charge in [-0.25, -0.2) is 0 Å². The lowest BCUT2D eigenvalue weighted by Gasteiger charge is -2.42. The fourth-order valence-electron chi connectivity index (χ4n) is 4.39. The number of likely N-dealkylation sites (tertiary alicyclic amines) is 1. The molecule has 0 saturated carbocycles. The summed E-state index contributed by atoms with van der Waals surface area (Å²) in [5, 5.41) is 10.4. The van der Waals surface area contributed by atoms with Gasteiger partial charge in [0.15, 0.2) is 5.60 Å². The second kappa shape index (κ2) is 7.06. The van der Waals surface area contributed by atoms with Crippen LogP contribution < -0.4 is 10.5 Å². The molecule has 0 bridgehead atoms. The molecule has 1 aromatic carbocycles. The number of rotatable bonds is 5. The third-order valence-electron chi connectivity index (χ3n) is 6.53. The molecule has 1 fully saturated rings. The van der Waals surface area contributed by atoms with Crippen LogP contribution in [0.4, 0.5) is 0 Å². The van der Waals surface area contributed by atoms with E-state index in [4.69, 9.17) is 10.5 Å². The van der Waals surface area contributed by atoms with Crippen molar-refractivity contribution in [3.8, 4) is 11.5 Å². The Balaban J connectivity index is 1.85.